The molecule has 1 heterocycles. The number of anilines is 3. The van der Waals surface area contributed by atoms with Gasteiger partial charge in [0.1, 0.15) is 0 Å². The molecule has 0 saturated carbocycles. The van der Waals surface area contributed by atoms with Crippen LogP contribution < -0.4 is 15.5 Å². The van der Waals surface area contributed by atoms with Crippen LogP contribution in [0.25, 0.3) is 0 Å². The Morgan fingerprint density at radius 3 is 2.11 bits per heavy atom. The van der Waals surface area contributed by atoms with Crippen molar-refractivity contribution in [1.29, 1.82) is 0 Å². The number of carbonyl (C=O) groups is 3. The van der Waals surface area contributed by atoms with Crippen molar-refractivity contribution in [2.45, 2.75) is 19.8 Å². The van der Waals surface area contributed by atoms with E-state index in [0.29, 0.717) is 42.0 Å². The van der Waals surface area contributed by atoms with E-state index in [1.165, 1.54) is 0 Å². The molecule has 1 saturated heterocycles. The molecule has 0 spiro atoms. The minimum atomic E-state index is -0.314. The smallest absolute Gasteiger partial charge is 0.256 e. The quantitative estimate of drug-likeness (QED) is 0.527. The summed E-state index contributed by atoms with van der Waals surface area (Å²) >= 11 is 0. The van der Waals surface area contributed by atoms with Crippen molar-refractivity contribution in [3.8, 4) is 0 Å². The van der Waals surface area contributed by atoms with Crippen LogP contribution >= 0.6 is 0 Å². The fourth-order valence-corrected chi connectivity index (χ4v) is 4.11. The van der Waals surface area contributed by atoms with Gasteiger partial charge in [-0.2, -0.15) is 0 Å². The first-order valence-corrected chi connectivity index (χ1v) is 11.9. The van der Waals surface area contributed by atoms with Crippen molar-refractivity contribution < 1.29 is 14.4 Å². The summed E-state index contributed by atoms with van der Waals surface area (Å²) in [6.45, 7) is 4.68. The van der Waals surface area contributed by atoms with E-state index in [-0.39, 0.29) is 17.7 Å². The summed E-state index contributed by atoms with van der Waals surface area (Å²) in [5, 5.41) is 5.69. The summed E-state index contributed by atoms with van der Waals surface area (Å²) in [5.41, 5.74) is 3.19. The summed E-state index contributed by atoms with van der Waals surface area (Å²) in [7, 11) is 0. The number of nitrogens with one attached hydrogen (secondary N) is 2. The molecular formula is C28H30N4O3. The van der Waals surface area contributed by atoms with Gasteiger partial charge < -0.3 is 20.4 Å². The second-order valence-electron chi connectivity index (χ2n) is 8.49. The molecular weight excluding hydrogens is 440 g/mol. The second kappa shape index (κ2) is 11.3. The highest BCUT2D eigenvalue weighted by atomic mass is 16.2. The van der Waals surface area contributed by atoms with Crippen molar-refractivity contribution in [2.75, 3.05) is 41.7 Å². The van der Waals surface area contributed by atoms with Crippen LogP contribution in [0.3, 0.4) is 0 Å². The average molecular weight is 471 g/mol. The molecule has 0 radical (unpaired) electrons. The van der Waals surface area contributed by atoms with E-state index in [0.717, 1.165) is 25.2 Å². The minimum Gasteiger partial charge on any atom is -0.368 e. The van der Waals surface area contributed by atoms with E-state index in [1.54, 1.807) is 48.5 Å². The molecule has 3 amide bonds. The molecule has 180 valence electrons. The zero-order valence-electron chi connectivity index (χ0n) is 19.9. The van der Waals surface area contributed by atoms with Gasteiger partial charge in [-0.05, 0) is 55.0 Å². The molecule has 3 aromatic carbocycles. The van der Waals surface area contributed by atoms with E-state index in [1.807, 2.05) is 30.0 Å². The molecule has 2 N–H and O–H groups in total. The Balaban J connectivity index is 1.39. The van der Waals surface area contributed by atoms with Crippen LogP contribution in [0.1, 0.15) is 40.5 Å². The third-order valence-corrected chi connectivity index (χ3v) is 6.00. The van der Waals surface area contributed by atoms with Gasteiger partial charge in [0.25, 0.3) is 11.8 Å². The molecule has 0 aromatic heterocycles. The molecule has 0 aliphatic carbocycles. The van der Waals surface area contributed by atoms with Gasteiger partial charge in [0.15, 0.2) is 0 Å². The predicted molar refractivity (Wildman–Crippen MR) is 139 cm³/mol. The molecule has 7 nitrogen and oxygen atoms in total. The van der Waals surface area contributed by atoms with Crippen molar-refractivity contribution in [2.24, 2.45) is 0 Å². The first-order chi connectivity index (χ1) is 17.0. The number of amides is 3. The van der Waals surface area contributed by atoms with Crippen molar-refractivity contribution in [3.63, 3.8) is 0 Å². The van der Waals surface area contributed by atoms with Crippen LogP contribution in [0.2, 0.25) is 0 Å². The van der Waals surface area contributed by atoms with Gasteiger partial charge >= 0.3 is 0 Å². The Labute approximate surface area is 205 Å². The number of carbonyl (C=O) groups excluding carboxylic acids is 3. The number of rotatable bonds is 7. The number of hydrogen-bond acceptors (Lipinski definition) is 4. The lowest BCUT2D eigenvalue weighted by Gasteiger charge is -2.36. The molecule has 1 aliphatic heterocycles. The molecule has 35 heavy (non-hydrogen) atoms. The zero-order valence-corrected chi connectivity index (χ0v) is 19.9. The number of nitrogens with zero attached hydrogens (tertiary/aromatic N) is 2. The maximum atomic E-state index is 13.3. The maximum Gasteiger partial charge on any atom is 0.256 e. The number of benzene rings is 3. The molecule has 1 aliphatic rings. The lowest BCUT2D eigenvalue weighted by atomic mass is 10.1. The third kappa shape index (κ3) is 6.06. The maximum absolute atomic E-state index is 13.3. The summed E-state index contributed by atoms with van der Waals surface area (Å²) in [6.07, 6.45) is 1.22. The van der Waals surface area contributed by atoms with E-state index < -0.39 is 0 Å². The van der Waals surface area contributed by atoms with Crippen LogP contribution in [0.4, 0.5) is 17.1 Å². The van der Waals surface area contributed by atoms with Crippen molar-refractivity contribution in [1.82, 2.24) is 4.90 Å². The van der Waals surface area contributed by atoms with Gasteiger partial charge in [0, 0.05) is 49.5 Å². The molecule has 0 bridgehead atoms. The van der Waals surface area contributed by atoms with Crippen LogP contribution in [0, 0.1) is 0 Å². The molecule has 0 unspecified atom stereocenters. The predicted octanol–water partition coefficient (Wildman–Crippen LogP) is 4.64. The molecule has 3 aromatic rings. The monoisotopic (exact) mass is 470 g/mol. The Bertz CT molecular complexity index is 1170. The van der Waals surface area contributed by atoms with E-state index in [9.17, 15) is 14.4 Å². The average Bonchev–Trinajstić information content (AvgIpc) is 2.90. The lowest BCUT2D eigenvalue weighted by Crippen LogP contribution is -2.48. The Hall–Kier alpha value is -4.13. The van der Waals surface area contributed by atoms with Crippen LogP contribution in [0.5, 0.6) is 0 Å². The highest BCUT2D eigenvalue weighted by Gasteiger charge is 2.24. The van der Waals surface area contributed by atoms with Crippen LogP contribution in [0.15, 0.2) is 78.9 Å². The summed E-state index contributed by atoms with van der Waals surface area (Å²) < 4.78 is 0. The van der Waals surface area contributed by atoms with E-state index >= 15 is 0 Å². The normalized spacial score (nSPS) is 13.3. The Morgan fingerprint density at radius 1 is 0.771 bits per heavy atom. The molecule has 7 heteroatoms. The summed E-state index contributed by atoms with van der Waals surface area (Å²) in [4.78, 5) is 42.0. The standard InChI is InChI=1S/C28H30N4O3/c1-2-8-26(33)29-22-15-13-21(14-16-22)27(34)30-25-12-7-6-11-24(25)28(35)32-19-17-31(18-20-32)23-9-4-3-5-10-23/h3-7,9-16H,2,8,17-20H2,1H3,(H,29,33)(H,30,34). The number of para-hydroxylation sites is 2. The van der Waals surface area contributed by atoms with Gasteiger partial charge in [-0.15, -0.1) is 0 Å². The third-order valence-electron chi connectivity index (χ3n) is 6.00. The summed E-state index contributed by atoms with van der Waals surface area (Å²) in [5.74, 6) is -0.463. The first-order valence-electron chi connectivity index (χ1n) is 11.9. The Kier molecular flexibility index (Phi) is 7.77. The number of piperazine rings is 1. The van der Waals surface area contributed by atoms with Crippen LogP contribution in [-0.2, 0) is 4.79 Å². The molecule has 1 fully saturated rings. The second-order valence-corrected chi connectivity index (χ2v) is 8.49. The van der Waals surface area contributed by atoms with Crippen molar-refractivity contribution >= 4 is 34.8 Å². The van der Waals surface area contributed by atoms with Crippen molar-refractivity contribution in [3.05, 3.63) is 90.0 Å². The van der Waals surface area contributed by atoms with Gasteiger partial charge in [0.2, 0.25) is 5.91 Å². The fraction of sp³-hybridized carbons (Fsp3) is 0.250. The topological polar surface area (TPSA) is 81.8 Å². The molecule has 0 atom stereocenters. The van der Waals surface area contributed by atoms with Gasteiger partial charge in [-0.1, -0.05) is 37.3 Å². The largest absolute Gasteiger partial charge is 0.368 e. The SMILES string of the molecule is CCCC(=O)Nc1ccc(C(=O)Nc2ccccc2C(=O)N2CCN(c3ccccc3)CC2)cc1. The highest BCUT2D eigenvalue weighted by Crippen LogP contribution is 2.21. The van der Waals surface area contributed by atoms with Gasteiger partial charge in [0.05, 0.1) is 11.3 Å². The first kappa shape index (κ1) is 24.0. The zero-order chi connectivity index (χ0) is 24.6. The lowest BCUT2D eigenvalue weighted by molar-refractivity contribution is -0.116. The fourth-order valence-electron chi connectivity index (χ4n) is 4.11. The van der Waals surface area contributed by atoms with Gasteiger partial charge in [-0.25, -0.2) is 0 Å². The van der Waals surface area contributed by atoms with E-state index in [4.69, 9.17) is 0 Å². The van der Waals surface area contributed by atoms with E-state index in [2.05, 4.69) is 27.7 Å². The highest BCUT2D eigenvalue weighted by molar-refractivity contribution is 6.09. The number of hydrogen-bond donors (Lipinski definition) is 2. The molecule has 4 rings (SSSR count). The Morgan fingerprint density at radius 2 is 1.43 bits per heavy atom. The minimum absolute atomic E-state index is 0.0539. The van der Waals surface area contributed by atoms with Crippen LogP contribution in [-0.4, -0.2) is 48.8 Å². The van der Waals surface area contributed by atoms with Gasteiger partial charge in [-0.3, -0.25) is 14.4 Å². The summed E-state index contributed by atoms with van der Waals surface area (Å²) in [6, 6.07) is 24.0.